The highest BCUT2D eigenvalue weighted by Crippen LogP contribution is 2.22. The molecule has 11 heavy (non-hydrogen) atoms. The van der Waals surface area contributed by atoms with Gasteiger partial charge < -0.3 is 0 Å². The molecule has 1 unspecified atom stereocenters. The van der Waals surface area contributed by atoms with Crippen LogP contribution in [0.3, 0.4) is 0 Å². The molecule has 1 rings (SSSR count). The highest BCUT2D eigenvalue weighted by Gasteiger charge is 2.04. The van der Waals surface area contributed by atoms with E-state index >= 15 is 0 Å². The molecule has 0 radical (unpaired) electrons. The highest BCUT2D eigenvalue weighted by molar-refractivity contribution is 9.09. The maximum Gasteiger partial charge on any atom is 0.0682 e. The molecule has 0 aliphatic heterocycles. The van der Waals surface area contributed by atoms with Gasteiger partial charge in [-0.2, -0.15) is 0 Å². The van der Waals surface area contributed by atoms with Crippen molar-refractivity contribution in [2.75, 3.05) is 5.33 Å². The summed E-state index contributed by atoms with van der Waals surface area (Å²) in [5.74, 6) is 0. The summed E-state index contributed by atoms with van der Waals surface area (Å²) in [5.41, 5.74) is 2.44. The van der Waals surface area contributed by atoms with E-state index in [1.807, 2.05) is 12.1 Å². The highest BCUT2D eigenvalue weighted by atomic mass is 79.9. The van der Waals surface area contributed by atoms with Crippen molar-refractivity contribution < 1.29 is 0 Å². The summed E-state index contributed by atoms with van der Waals surface area (Å²) < 4.78 is 0. The SMILES string of the molecule is Cc1cccc(C(Cl)CBr)c1. The summed E-state index contributed by atoms with van der Waals surface area (Å²) in [6.07, 6.45) is 0. The second kappa shape index (κ2) is 4.13. The maximum absolute atomic E-state index is 6.02. The zero-order valence-corrected chi connectivity index (χ0v) is 8.69. The van der Waals surface area contributed by atoms with Crippen molar-refractivity contribution in [1.29, 1.82) is 0 Å². The molecule has 60 valence electrons. The molecule has 2 heteroatoms. The minimum atomic E-state index is 0.0925. The lowest BCUT2D eigenvalue weighted by molar-refractivity contribution is 1.10. The van der Waals surface area contributed by atoms with E-state index in [0.717, 1.165) is 5.33 Å². The lowest BCUT2D eigenvalue weighted by Crippen LogP contribution is -1.90. The standard InChI is InChI=1S/C9H10BrCl/c1-7-3-2-4-8(5-7)9(11)6-10/h2-5,9H,6H2,1H3. The molecule has 1 aromatic rings. The van der Waals surface area contributed by atoms with Gasteiger partial charge in [0.1, 0.15) is 0 Å². The Morgan fingerprint density at radius 1 is 1.55 bits per heavy atom. The van der Waals surface area contributed by atoms with Crippen LogP contribution in [0.15, 0.2) is 24.3 Å². The molecule has 0 spiro atoms. The molecule has 0 bridgehead atoms. The molecule has 0 aliphatic rings. The van der Waals surface area contributed by atoms with Crippen LogP contribution in [0.2, 0.25) is 0 Å². The molecule has 0 amide bonds. The predicted molar refractivity (Wildman–Crippen MR) is 53.6 cm³/mol. The average Bonchev–Trinajstić information content (AvgIpc) is 2.03. The summed E-state index contributed by atoms with van der Waals surface area (Å²) in [4.78, 5) is 0. The Morgan fingerprint density at radius 2 is 2.27 bits per heavy atom. The Balaban J connectivity index is 2.86. The number of halogens is 2. The van der Waals surface area contributed by atoms with E-state index in [1.165, 1.54) is 11.1 Å². The van der Waals surface area contributed by atoms with Gasteiger partial charge in [-0.3, -0.25) is 0 Å². The third-order valence-corrected chi connectivity index (χ3v) is 2.97. The Bertz CT molecular complexity index is 235. The minimum Gasteiger partial charge on any atom is -0.117 e. The molecule has 0 aromatic heterocycles. The fraction of sp³-hybridized carbons (Fsp3) is 0.333. The summed E-state index contributed by atoms with van der Waals surface area (Å²) in [6.45, 7) is 2.07. The lowest BCUT2D eigenvalue weighted by atomic mass is 10.1. The molecule has 0 N–H and O–H groups in total. The molecule has 0 aliphatic carbocycles. The van der Waals surface area contributed by atoms with Crippen molar-refractivity contribution in [3.8, 4) is 0 Å². The monoisotopic (exact) mass is 232 g/mol. The van der Waals surface area contributed by atoms with Gasteiger partial charge in [0.2, 0.25) is 0 Å². The van der Waals surface area contributed by atoms with Crippen molar-refractivity contribution in [3.05, 3.63) is 35.4 Å². The van der Waals surface area contributed by atoms with Crippen LogP contribution in [-0.2, 0) is 0 Å². The van der Waals surface area contributed by atoms with Crippen LogP contribution in [0.4, 0.5) is 0 Å². The van der Waals surface area contributed by atoms with Gasteiger partial charge in [0.05, 0.1) is 5.38 Å². The molecule has 1 aromatic carbocycles. The van der Waals surface area contributed by atoms with Crippen LogP contribution in [-0.4, -0.2) is 5.33 Å². The first-order valence-electron chi connectivity index (χ1n) is 3.50. The molecule has 0 heterocycles. The molecular weight excluding hydrogens is 223 g/mol. The van der Waals surface area contributed by atoms with Crippen LogP contribution < -0.4 is 0 Å². The van der Waals surface area contributed by atoms with Gasteiger partial charge in [-0.15, -0.1) is 11.6 Å². The molecule has 1 atom stereocenters. The smallest absolute Gasteiger partial charge is 0.0682 e. The fourth-order valence-electron chi connectivity index (χ4n) is 0.954. The summed E-state index contributed by atoms with van der Waals surface area (Å²) in [5, 5.41) is 0.896. The molecular formula is C9H10BrCl. The topological polar surface area (TPSA) is 0 Å². The second-order valence-corrected chi connectivity index (χ2v) is 3.71. The summed E-state index contributed by atoms with van der Waals surface area (Å²) >= 11 is 9.36. The van der Waals surface area contributed by atoms with E-state index in [1.54, 1.807) is 0 Å². The van der Waals surface area contributed by atoms with Gasteiger partial charge >= 0.3 is 0 Å². The van der Waals surface area contributed by atoms with Gasteiger partial charge in [-0.25, -0.2) is 0 Å². The second-order valence-electron chi connectivity index (χ2n) is 2.54. The summed E-state index contributed by atoms with van der Waals surface area (Å²) in [6, 6.07) is 8.26. The van der Waals surface area contributed by atoms with E-state index in [-0.39, 0.29) is 5.38 Å². The van der Waals surface area contributed by atoms with E-state index < -0.39 is 0 Å². The van der Waals surface area contributed by atoms with Gasteiger partial charge in [-0.1, -0.05) is 45.8 Å². The van der Waals surface area contributed by atoms with Crippen LogP contribution in [0.1, 0.15) is 16.5 Å². The number of hydrogen-bond acceptors (Lipinski definition) is 0. The third-order valence-electron chi connectivity index (χ3n) is 1.54. The fourth-order valence-corrected chi connectivity index (χ4v) is 1.46. The number of alkyl halides is 2. The van der Waals surface area contributed by atoms with Gasteiger partial charge in [0, 0.05) is 5.33 Å². The number of aryl methyl sites for hydroxylation is 1. The Hall–Kier alpha value is -0.0100. The van der Waals surface area contributed by atoms with Gasteiger partial charge in [0.15, 0.2) is 0 Å². The van der Waals surface area contributed by atoms with Crippen LogP contribution in [0.25, 0.3) is 0 Å². The Kier molecular flexibility index (Phi) is 3.41. The van der Waals surface area contributed by atoms with Gasteiger partial charge in [0.25, 0.3) is 0 Å². The Labute approximate surface area is 80.7 Å². The largest absolute Gasteiger partial charge is 0.117 e. The lowest BCUT2D eigenvalue weighted by Gasteiger charge is -2.05. The molecule has 0 fully saturated rings. The first-order chi connectivity index (χ1) is 5.24. The Morgan fingerprint density at radius 3 is 2.82 bits per heavy atom. The van der Waals surface area contributed by atoms with Crippen molar-refractivity contribution >= 4 is 27.5 Å². The quantitative estimate of drug-likeness (QED) is 0.684. The molecule has 0 saturated heterocycles. The van der Waals surface area contributed by atoms with Crippen molar-refractivity contribution in [1.82, 2.24) is 0 Å². The summed E-state index contributed by atoms with van der Waals surface area (Å²) in [7, 11) is 0. The van der Waals surface area contributed by atoms with Gasteiger partial charge in [-0.05, 0) is 12.5 Å². The molecule has 0 nitrogen and oxygen atoms in total. The zero-order valence-electron chi connectivity index (χ0n) is 6.35. The normalized spacial score (nSPS) is 13.0. The van der Waals surface area contributed by atoms with Crippen LogP contribution in [0, 0.1) is 6.92 Å². The van der Waals surface area contributed by atoms with Crippen molar-refractivity contribution in [2.24, 2.45) is 0 Å². The first-order valence-corrected chi connectivity index (χ1v) is 5.06. The predicted octanol–water partition coefficient (Wildman–Crippen LogP) is 3.67. The van der Waals surface area contributed by atoms with E-state index in [9.17, 15) is 0 Å². The number of benzene rings is 1. The van der Waals surface area contributed by atoms with E-state index in [4.69, 9.17) is 11.6 Å². The third kappa shape index (κ3) is 2.49. The van der Waals surface area contributed by atoms with Crippen LogP contribution >= 0.6 is 27.5 Å². The number of hydrogen-bond donors (Lipinski definition) is 0. The first kappa shape index (κ1) is 9.08. The molecule has 0 saturated carbocycles. The van der Waals surface area contributed by atoms with E-state index in [0.29, 0.717) is 0 Å². The average molecular weight is 234 g/mol. The maximum atomic E-state index is 6.02. The van der Waals surface area contributed by atoms with Crippen molar-refractivity contribution in [3.63, 3.8) is 0 Å². The minimum absolute atomic E-state index is 0.0925. The van der Waals surface area contributed by atoms with Crippen LogP contribution in [0.5, 0.6) is 0 Å². The number of rotatable bonds is 2. The zero-order chi connectivity index (χ0) is 8.27. The van der Waals surface area contributed by atoms with Crippen molar-refractivity contribution in [2.45, 2.75) is 12.3 Å². The van der Waals surface area contributed by atoms with E-state index in [2.05, 4.69) is 35.0 Å².